The number of halogens is 2. The molecule has 0 atom stereocenters. The lowest BCUT2D eigenvalue weighted by molar-refractivity contribution is 0.225. The zero-order valence-corrected chi connectivity index (χ0v) is 11.3. The van der Waals surface area contributed by atoms with Crippen molar-refractivity contribution in [3.8, 4) is 0 Å². The van der Waals surface area contributed by atoms with E-state index in [1.807, 2.05) is 0 Å². The molecule has 0 unspecified atom stereocenters. The van der Waals surface area contributed by atoms with E-state index in [2.05, 4.69) is 10.6 Å². The highest BCUT2D eigenvalue weighted by Crippen LogP contribution is 2.28. The molecule has 4 nitrogen and oxygen atoms in total. The molecule has 18 heavy (non-hydrogen) atoms. The molecule has 1 aliphatic carbocycles. The minimum Gasteiger partial charge on any atom is -0.336 e. The van der Waals surface area contributed by atoms with Crippen molar-refractivity contribution in [3.63, 3.8) is 0 Å². The van der Waals surface area contributed by atoms with E-state index >= 15 is 0 Å². The summed E-state index contributed by atoms with van der Waals surface area (Å²) in [5.41, 5.74) is 6.38. The van der Waals surface area contributed by atoms with E-state index < -0.39 is 0 Å². The van der Waals surface area contributed by atoms with Crippen molar-refractivity contribution in [2.75, 3.05) is 11.9 Å². The Hall–Kier alpha value is -0.970. The van der Waals surface area contributed by atoms with Gasteiger partial charge in [-0.2, -0.15) is 0 Å². The Morgan fingerprint density at radius 3 is 2.61 bits per heavy atom. The SMILES string of the molecule is NC1(CNC(=O)Nc2ccc(Cl)c(Cl)c2)CCC1. The monoisotopic (exact) mass is 287 g/mol. The molecule has 1 fully saturated rings. The minimum absolute atomic E-state index is 0.227. The molecule has 1 aromatic rings. The number of nitrogens with one attached hydrogen (secondary N) is 2. The number of carbonyl (C=O) groups excluding carboxylic acids is 1. The Kier molecular flexibility index (Phi) is 4.00. The van der Waals surface area contributed by atoms with Crippen molar-refractivity contribution in [3.05, 3.63) is 28.2 Å². The second-order valence-electron chi connectivity index (χ2n) is 4.65. The van der Waals surface area contributed by atoms with Gasteiger partial charge in [-0.15, -0.1) is 0 Å². The van der Waals surface area contributed by atoms with Crippen LogP contribution in [0.25, 0.3) is 0 Å². The van der Waals surface area contributed by atoms with Crippen LogP contribution >= 0.6 is 23.2 Å². The van der Waals surface area contributed by atoms with Crippen LogP contribution in [0.2, 0.25) is 10.0 Å². The number of rotatable bonds is 3. The van der Waals surface area contributed by atoms with Gasteiger partial charge in [0.15, 0.2) is 0 Å². The number of nitrogens with two attached hydrogens (primary N) is 1. The number of benzene rings is 1. The number of anilines is 1. The summed E-state index contributed by atoms with van der Waals surface area (Å²) in [6.45, 7) is 0.486. The van der Waals surface area contributed by atoms with Gasteiger partial charge in [0.1, 0.15) is 0 Å². The average molecular weight is 288 g/mol. The highest BCUT2D eigenvalue weighted by molar-refractivity contribution is 6.42. The summed E-state index contributed by atoms with van der Waals surface area (Å²) in [6, 6.07) is 4.64. The van der Waals surface area contributed by atoms with Gasteiger partial charge in [0, 0.05) is 17.8 Å². The first-order valence-corrected chi connectivity index (χ1v) is 6.53. The Bertz CT molecular complexity index is 461. The minimum atomic E-state index is -0.287. The van der Waals surface area contributed by atoms with Crippen molar-refractivity contribution in [2.45, 2.75) is 24.8 Å². The Labute approximate surface area is 116 Å². The number of urea groups is 1. The van der Waals surface area contributed by atoms with Crippen molar-refractivity contribution < 1.29 is 4.79 Å². The zero-order chi connectivity index (χ0) is 13.2. The van der Waals surface area contributed by atoms with Gasteiger partial charge in [-0.1, -0.05) is 23.2 Å². The maximum absolute atomic E-state index is 11.6. The molecule has 2 amide bonds. The summed E-state index contributed by atoms with van der Waals surface area (Å²) in [5.74, 6) is 0. The molecular weight excluding hydrogens is 273 g/mol. The first-order chi connectivity index (χ1) is 8.48. The molecule has 0 radical (unpaired) electrons. The van der Waals surface area contributed by atoms with Gasteiger partial charge in [-0.25, -0.2) is 4.79 Å². The topological polar surface area (TPSA) is 67.1 Å². The molecule has 1 saturated carbocycles. The molecule has 0 bridgehead atoms. The van der Waals surface area contributed by atoms with Crippen molar-refractivity contribution in [2.24, 2.45) is 5.73 Å². The molecule has 0 spiro atoms. The average Bonchev–Trinajstić information content (AvgIpc) is 2.29. The Morgan fingerprint density at radius 2 is 2.06 bits per heavy atom. The van der Waals surface area contributed by atoms with Crippen LogP contribution in [0.3, 0.4) is 0 Å². The lowest BCUT2D eigenvalue weighted by atomic mass is 9.78. The molecule has 0 aromatic heterocycles. The third-order valence-electron chi connectivity index (χ3n) is 3.13. The largest absolute Gasteiger partial charge is 0.336 e. The number of hydrogen-bond acceptors (Lipinski definition) is 2. The first-order valence-electron chi connectivity index (χ1n) is 5.77. The second kappa shape index (κ2) is 5.34. The third kappa shape index (κ3) is 3.28. The quantitative estimate of drug-likeness (QED) is 0.800. The van der Waals surface area contributed by atoms with Crippen LogP contribution in [0.1, 0.15) is 19.3 Å². The standard InChI is InChI=1S/C12H15Cl2N3O/c13-9-3-2-8(6-10(9)14)17-11(18)16-7-12(15)4-1-5-12/h2-3,6H,1,4-5,7,15H2,(H2,16,17,18). The van der Waals surface area contributed by atoms with Crippen LogP contribution in [0, 0.1) is 0 Å². The van der Waals surface area contributed by atoms with Crippen LogP contribution < -0.4 is 16.4 Å². The van der Waals surface area contributed by atoms with Gasteiger partial charge in [0.05, 0.1) is 10.0 Å². The summed E-state index contributed by atoms with van der Waals surface area (Å²) in [7, 11) is 0. The van der Waals surface area contributed by atoms with Gasteiger partial charge in [0.25, 0.3) is 0 Å². The van der Waals surface area contributed by atoms with Gasteiger partial charge in [-0.05, 0) is 37.5 Å². The predicted octanol–water partition coefficient (Wildman–Crippen LogP) is 3.00. The molecule has 2 rings (SSSR count). The first kappa shape index (κ1) is 13.5. The Balaban J connectivity index is 1.85. The van der Waals surface area contributed by atoms with E-state index in [9.17, 15) is 4.79 Å². The van der Waals surface area contributed by atoms with Crippen LogP contribution in [0.4, 0.5) is 10.5 Å². The molecule has 4 N–H and O–H groups in total. The molecule has 1 aliphatic rings. The van der Waals surface area contributed by atoms with Gasteiger partial charge in [-0.3, -0.25) is 0 Å². The summed E-state index contributed by atoms with van der Waals surface area (Å²) < 4.78 is 0. The van der Waals surface area contributed by atoms with Crippen LogP contribution in [-0.2, 0) is 0 Å². The van der Waals surface area contributed by atoms with Crippen LogP contribution in [0.15, 0.2) is 18.2 Å². The molecule has 98 valence electrons. The van der Waals surface area contributed by atoms with Crippen LogP contribution in [0.5, 0.6) is 0 Å². The second-order valence-corrected chi connectivity index (χ2v) is 5.47. The predicted molar refractivity (Wildman–Crippen MR) is 74.3 cm³/mol. The van der Waals surface area contributed by atoms with Crippen LogP contribution in [-0.4, -0.2) is 18.1 Å². The molecule has 0 aliphatic heterocycles. The maximum Gasteiger partial charge on any atom is 0.319 e. The maximum atomic E-state index is 11.6. The highest BCUT2D eigenvalue weighted by atomic mass is 35.5. The van der Waals surface area contributed by atoms with E-state index in [-0.39, 0.29) is 11.6 Å². The summed E-state index contributed by atoms with van der Waals surface area (Å²) in [6.07, 6.45) is 3.05. The van der Waals surface area contributed by atoms with Crippen molar-refractivity contribution >= 4 is 34.9 Å². The Morgan fingerprint density at radius 1 is 1.33 bits per heavy atom. The lowest BCUT2D eigenvalue weighted by Gasteiger charge is -2.38. The fourth-order valence-corrected chi connectivity index (χ4v) is 2.11. The van der Waals surface area contributed by atoms with E-state index in [1.165, 1.54) is 0 Å². The molecule has 0 heterocycles. The summed E-state index contributed by atoms with van der Waals surface area (Å²) in [5, 5.41) is 6.30. The number of amides is 2. The summed E-state index contributed by atoms with van der Waals surface area (Å²) >= 11 is 11.6. The van der Waals surface area contributed by atoms with Gasteiger partial charge >= 0.3 is 6.03 Å². The number of hydrogen-bond donors (Lipinski definition) is 3. The molecule has 0 saturated heterocycles. The van der Waals surface area contributed by atoms with E-state index in [0.717, 1.165) is 19.3 Å². The van der Waals surface area contributed by atoms with E-state index in [4.69, 9.17) is 28.9 Å². The number of carbonyl (C=O) groups is 1. The molecule has 6 heteroatoms. The fraction of sp³-hybridized carbons (Fsp3) is 0.417. The van der Waals surface area contributed by atoms with Gasteiger partial charge in [0.2, 0.25) is 0 Å². The zero-order valence-electron chi connectivity index (χ0n) is 9.80. The van der Waals surface area contributed by atoms with Crippen molar-refractivity contribution in [1.82, 2.24) is 5.32 Å². The highest BCUT2D eigenvalue weighted by Gasteiger charge is 2.32. The molecule has 1 aromatic carbocycles. The van der Waals surface area contributed by atoms with E-state index in [1.54, 1.807) is 18.2 Å². The van der Waals surface area contributed by atoms with E-state index in [0.29, 0.717) is 22.3 Å². The third-order valence-corrected chi connectivity index (χ3v) is 3.87. The fourth-order valence-electron chi connectivity index (χ4n) is 1.81. The lowest BCUT2D eigenvalue weighted by Crippen LogP contribution is -2.55. The van der Waals surface area contributed by atoms with Gasteiger partial charge < -0.3 is 16.4 Å². The normalized spacial score (nSPS) is 16.8. The van der Waals surface area contributed by atoms with Crippen molar-refractivity contribution in [1.29, 1.82) is 0 Å². The molecular formula is C12H15Cl2N3O. The smallest absolute Gasteiger partial charge is 0.319 e. The summed E-state index contributed by atoms with van der Waals surface area (Å²) in [4.78, 5) is 11.6.